The van der Waals surface area contributed by atoms with E-state index in [9.17, 15) is 4.39 Å². The molecule has 1 aromatic heterocycles. The van der Waals surface area contributed by atoms with Crippen LogP contribution in [0.15, 0.2) is 35.1 Å². The van der Waals surface area contributed by atoms with E-state index >= 15 is 0 Å². The monoisotopic (exact) mass is 297 g/mol. The number of nitrogens with zero attached hydrogens (tertiary/aromatic N) is 2. The molecule has 0 saturated heterocycles. The van der Waals surface area contributed by atoms with E-state index in [0.717, 1.165) is 29.1 Å². The molecular weight excluding hydrogens is 285 g/mol. The van der Waals surface area contributed by atoms with Crippen molar-refractivity contribution >= 4 is 21.6 Å². The zero-order chi connectivity index (χ0) is 12.3. The maximum atomic E-state index is 13.0. The van der Waals surface area contributed by atoms with Gasteiger partial charge in [0.2, 0.25) is 0 Å². The van der Waals surface area contributed by atoms with Gasteiger partial charge in [0.15, 0.2) is 0 Å². The zero-order valence-corrected chi connectivity index (χ0v) is 11.0. The molecule has 1 aromatic carbocycles. The number of hydrogen-bond acceptors (Lipinski definition) is 2. The van der Waals surface area contributed by atoms with E-state index < -0.39 is 0 Å². The number of hydrogen-bond donors (Lipinski definition) is 1. The van der Waals surface area contributed by atoms with Crippen LogP contribution in [0, 0.1) is 12.7 Å². The fourth-order valence-corrected chi connectivity index (χ4v) is 1.97. The Hall–Kier alpha value is -1.36. The third-order valence-electron chi connectivity index (χ3n) is 2.52. The lowest BCUT2D eigenvalue weighted by atomic mass is 10.3. The van der Waals surface area contributed by atoms with Crippen molar-refractivity contribution in [3.63, 3.8) is 0 Å². The molecule has 2 aromatic rings. The fraction of sp³-hybridized carbons (Fsp3) is 0.250. The molecule has 3 nitrogen and oxygen atoms in total. The summed E-state index contributed by atoms with van der Waals surface area (Å²) in [5, 5.41) is 3.18. The van der Waals surface area contributed by atoms with E-state index in [1.165, 1.54) is 12.1 Å². The Balaban J connectivity index is 1.94. The standard InChI is InChI=1S/C12H13BrFN3/c1-9-15-4-6-17(9)7-5-16-12-8-10(14)2-3-11(12)13/h2-4,6,8,16H,5,7H2,1H3. The molecule has 0 aliphatic carbocycles. The number of nitrogens with one attached hydrogen (secondary N) is 1. The van der Waals surface area contributed by atoms with Crippen LogP contribution in [0.25, 0.3) is 0 Å². The van der Waals surface area contributed by atoms with Crippen LogP contribution >= 0.6 is 15.9 Å². The summed E-state index contributed by atoms with van der Waals surface area (Å²) in [7, 11) is 0. The molecule has 0 radical (unpaired) electrons. The van der Waals surface area contributed by atoms with Crippen molar-refractivity contribution in [1.82, 2.24) is 9.55 Å². The Kier molecular flexibility index (Phi) is 3.78. The van der Waals surface area contributed by atoms with Crippen molar-refractivity contribution in [3.8, 4) is 0 Å². The molecule has 1 N–H and O–H groups in total. The van der Waals surface area contributed by atoms with Gasteiger partial charge in [-0.2, -0.15) is 0 Å². The molecule has 0 unspecified atom stereocenters. The second kappa shape index (κ2) is 5.31. The highest BCUT2D eigenvalue weighted by atomic mass is 79.9. The smallest absolute Gasteiger partial charge is 0.125 e. The van der Waals surface area contributed by atoms with Crippen molar-refractivity contribution in [3.05, 3.63) is 46.7 Å². The Morgan fingerprint density at radius 2 is 2.29 bits per heavy atom. The van der Waals surface area contributed by atoms with Gasteiger partial charge in [0.05, 0.1) is 5.69 Å². The van der Waals surface area contributed by atoms with Gasteiger partial charge in [0.1, 0.15) is 11.6 Å². The number of anilines is 1. The minimum Gasteiger partial charge on any atom is -0.382 e. The summed E-state index contributed by atoms with van der Waals surface area (Å²) >= 11 is 3.38. The molecule has 0 aliphatic heterocycles. The molecule has 0 spiro atoms. The number of benzene rings is 1. The van der Waals surface area contributed by atoms with Gasteiger partial charge < -0.3 is 9.88 Å². The largest absolute Gasteiger partial charge is 0.382 e. The minimum absolute atomic E-state index is 0.241. The van der Waals surface area contributed by atoms with Crippen LogP contribution in [0.4, 0.5) is 10.1 Å². The van der Waals surface area contributed by atoms with Gasteiger partial charge in [-0.15, -0.1) is 0 Å². The highest BCUT2D eigenvalue weighted by molar-refractivity contribution is 9.10. The van der Waals surface area contributed by atoms with E-state index in [-0.39, 0.29) is 5.82 Å². The highest BCUT2D eigenvalue weighted by Crippen LogP contribution is 2.22. The number of rotatable bonds is 4. The molecule has 0 atom stereocenters. The zero-order valence-electron chi connectivity index (χ0n) is 9.45. The predicted molar refractivity (Wildman–Crippen MR) is 69.6 cm³/mol. The third-order valence-corrected chi connectivity index (χ3v) is 3.21. The summed E-state index contributed by atoms with van der Waals surface area (Å²) in [5.74, 6) is 0.736. The third kappa shape index (κ3) is 3.06. The molecule has 0 aliphatic rings. The maximum absolute atomic E-state index is 13.0. The lowest BCUT2D eigenvalue weighted by Gasteiger charge is -2.10. The average Bonchev–Trinajstić information content (AvgIpc) is 2.70. The molecule has 0 fully saturated rings. The van der Waals surface area contributed by atoms with E-state index in [0.29, 0.717) is 0 Å². The van der Waals surface area contributed by atoms with E-state index in [4.69, 9.17) is 0 Å². The van der Waals surface area contributed by atoms with Gasteiger partial charge >= 0.3 is 0 Å². The first-order valence-corrected chi connectivity index (χ1v) is 6.13. The second-order valence-corrected chi connectivity index (χ2v) is 4.57. The molecular formula is C12H13BrFN3. The molecule has 2 rings (SSSR count). The van der Waals surface area contributed by atoms with Crippen LogP contribution in [-0.4, -0.2) is 16.1 Å². The van der Waals surface area contributed by atoms with Crippen LogP contribution in [0.3, 0.4) is 0 Å². The first-order chi connectivity index (χ1) is 8.16. The van der Waals surface area contributed by atoms with Crippen molar-refractivity contribution in [2.45, 2.75) is 13.5 Å². The molecule has 17 heavy (non-hydrogen) atoms. The van der Waals surface area contributed by atoms with Gasteiger partial charge in [0.25, 0.3) is 0 Å². The van der Waals surface area contributed by atoms with Gasteiger partial charge in [-0.25, -0.2) is 9.37 Å². The first-order valence-electron chi connectivity index (χ1n) is 5.33. The summed E-state index contributed by atoms with van der Waals surface area (Å²) in [6.07, 6.45) is 3.70. The molecule has 90 valence electrons. The van der Waals surface area contributed by atoms with Crippen molar-refractivity contribution < 1.29 is 4.39 Å². The molecule has 0 bridgehead atoms. The Bertz CT molecular complexity index is 510. The summed E-state index contributed by atoms with van der Waals surface area (Å²) in [6, 6.07) is 4.60. The Labute approximate surface area is 108 Å². The molecule has 1 heterocycles. The average molecular weight is 298 g/mol. The summed E-state index contributed by atoms with van der Waals surface area (Å²) in [5.41, 5.74) is 0.766. The molecule has 0 saturated carbocycles. The van der Waals surface area contributed by atoms with Gasteiger partial charge in [0, 0.05) is 30.0 Å². The Morgan fingerprint density at radius 1 is 1.47 bits per heavy atom. The van der Waals surface area contributed by atoms with E-state index in [2.05, 4.69) is 26.2 Å². The van der Waals surface area contributed by atoms with Crippen LogP contribution in [-0.2, 0) is 6.54 Å². The normalized spacial score (nSPS) is 10.5. The molecule has 0 amide bonds. The van der Waals surface area contributed by atoms with Crippen molar-refractivity contribution in [2.24, 2.45) is 0 Å². The Morgan fingerprint density at radius 3 is 3.00 bits per heavy atom. The topological polar surface area (TPSA) is 29.9 Å². The van der Waals surface area contributed by atoms with E-state index in [1.807, 2.05) is 17.7 Å². The number of aryl methyl sites for hydroxylation is 1. The lowest BCUT2D eigenvalue weighted by Crippen LogP contribution is -2.11. The lowest BCUT2D eigenvalue weighted by molar-refractivity contribution is 0.627. The van der Waals surface area contributed by atoms with Gasteiger partial charge in [-0.3, -0.25) is 0 Å². The summed E-state index contributed by atoms with van der Waals surface area (Å²) in [6.45, 7) is 3.48. The maximum Gasteiger partial charge on any atom is 0.125 e. The van der Waals surface area contributed by atoms with Crippen LogP contribution in [0.2, 0.25) is 0 Å². The predicted octanol–water partition coefficient (Wildman–Crippen LogP) is 3.21. The molecule has 5 heteroatoms. The quantitative estimate of drug-likeness (QED) is 0.939. The van der Waals surface area contributed by atoms with E-state index in [1.54, 1.807) is 12.3 Å². The van der Waals surface area contributed by atoms with Gasteiger partial charge in [-0.1, -0.05) is 0 Å². The number of halogens is 2. The minimum atomic E-state index is -0.241. The highest BCUT2D eigenvalue weighted by Gasteiger charge is 2.01. The summed E-state index contributed by atoms with van der Waals surface area (Å²) in [4.78, 5) is 4.14. The summed E-state index contributed by atoms with van der Waals surface area (Å²) < 4.78 is 15.9. The van der Waals surface area contributed by atoms with Crippen LogP contribution < -0.4 is 5.32 Å². The second-order valence-electron chi connectivity index (χ2n) is 3.72. The number of aromatic nitrogens is 2. The van der Waals surface area contributed by atoms with Crippen molar-refractivity contribution in [2.75, 3.05) is 11.9 Å². The fourth-order valence-electron chi connectivity index (χ4n) is 1.58. The number of imidazole rings is 1. The van der Waals surface area contributed by atoms with Crippen LogP contribution in [0.1, 0.15) is 5.82 Å². The van der Waals surface area contributed by atoms with Crippen LogP contribution in [0.5, 0.6) is 0 Å². The SMILES string of the molecule is Cc1nccn1CCNc1cc(F)ccc1Br. The van der Waals surface area contributed by atoms with Gasteiger partial charge in [-0.05, 0) is 41.1 Å². The van der Waals surface area contributed by atoms with Crippen molar-refractivity contribution in [1.29, 1.82) is 0 Å². The first kappa shape index (κ1) is 12.1.